The van der Waals surface area contributed by atoms with Crippen LogP contribution in [0.3, 0.4) is 0 Å². The first kappa shape index (κ1) is 20.4. The van der Waals surface area contributed by atoms with Crippen LogP contribution >= 0.6 is 0 Å². The summed E-state index contributed by atoms with van der Waals surface area (Å²) in [6, 6.07) is 1.88. The Hall–Kier alpha value is -2.29. The fourth-order valence-corrected chi connectivity index (χ4v) is 3.29. The lowest BCUT2D eigenvalue weighted by molar-refractivity contribution is 0.0206. The Kier molecular flexibility index (Phi) is 6.43. The number of rotatable bonds is 4. The Morgan fingerprint density at radius 2 is 2.00 bits per heavy atom. The minimum absolute atomic E-state index is 0.0958. The second-order valence-electron chi connectivity index (χ2n) is 8.10. The molecular formula is C19H31N5O4. The topological polar surface area (TPSA) is 89.0 Å². The maximum absolute atomic E-state index is 12.4. The second-order valence-corrected chi connectivity index (χ2v) is 8.10. The first-order valence-electron chi connectivity index (χ1n) is 9.84. The van der Waals surface area contributed by atoms with Crippen molar-refractivity contribution in [1.29, 1.82) is 0 Å². The van der Waals surface area contributed by atoms with E-state index >= 15 is 0 Å². The van der Waals surface area contributed by atoms with Crippen LogP contribution in [0.5, 0.6) is 5.88 Å². The number of piperidine rings is 1. The lowest BCUT2D eigenvalue weighted by Gasteiger charge is -2.34. The minimum Gasteiger partial charge on any atom is -0.481 e. The molecule has 3 heterocycles. The molecule has 3 rings (SSSR count). The molecule has 0 aliphatic carbocycles. The van der Waals surface area contributed by atoms with E-state index in [0.717, 1.165) is 25.9 Å². The van der Waals surface area contributed by atoms with Gasteiger partial charge in [-0.15, -0.1) is 0 Å². The molecule has 1 atom stereocenters. The number of aromatic nitrogens is 2. The van der Waals surface area contributed by atoms with Gasteiger partial charge in [0.1, 0.15) is 11.4 Å². The lowest BCUT2D eigenvalue weighted by atomic mass is 10.1. The number of likely N-dealkylation sites (tertiary alicyclic amines) is 1. The fraction of sp³-hybridized carbons (Fsp3) is 0.737. The number of nitrogens with one attached hydrogen (secondary N) is 1. The van der Waals surface area contributed by atoms with E-state index in [-0.39, 0.29) is 12.1 Å². The van der Waals surface area contributed by atoms with Gasteiger partial charge in [-0.1, -0.05) is 0 Å². The molecule has 0 spiro atoms. The number of ether oxygens (including phenoxy) is 3. The highest BCUT2D eigenvalue weighted by molar-refractivity contribution is 5.68. The summed E-state index contributed by atoms with van der Waals surface area (Å²) in [7, 11) is 1.60. The molecule has 2 aliphatic rings. The first-order valence-corrected chi connectivity index (χ1v) is 9.84. The van der Waals surface area contributed by atoms with Crippen molar-refractivity contribution in [3.63, 3.8) is 0 Å². The van der Waals surface area contributed by atoms with Crippen molar-refractivity contribution in [1.82, 2.24) is 14.9 Å². The highest BCUT2D eigenvalue weighted by Gasteiger charge is 2.28. The number of hydrogen-bond acceptors (Lipinski definition) is 8. The molecular weight excluding hydrogens is 362 g/mol. The predicted octanol–water partition coefficient (Wildman–Crippen LogP) is 2.13. The number of methoxy groups -OCH3 is 1. The third-order valence-electron chi connectivity index (χ3n) is 4.62. The van der Waals surface area contributed by atoms with Gasteiger partial charge in [0.2, 0.25) is 11.8 Å². The Bertz CT molecular complexity index is 673. The van der Waals surface area contributed by atoms with Crippen molar-refractivity contribution in [3.05, 3.63) is 6.07 Å². The van der Waals surface area contributed by atoms with Gasteiger partial charge in [-0.2, -0.15) is 9.97 Å². The van der Waals surface area contributed by atoms with Gasteiger partial charge in [-0.3, -0.25) is 0 Å². The fourth-order valence-electron chi connectivity index (χ4n) is 3.29. The summed E-state index contributed by atoms with van der Waals surface area (Å²) in [5.74, 6) is 1.84. The average molecular weight is 393 g/mol. The summed E-state index contributed by atoms with van der Waals surface area (Å²) in [5, 5.41) is 3.44. The van der Waals surface area contributed by atoms with Gasteiger partial charge in [-0.25, -0.2) is 4.79 Å². The van der Waals surface area contributed by atoms with Crippen molar-refractivity contribution in [2.75, 3.05) is 56.7 Å². The molecule has 28 heavy (non-hydrogen) atoms. The summed E-state index contributed by atoms with van der Waals surface area (Å²) in [5.41, 5.74) is -0.496. The summed E-state index contributed by atoms with van der Waals surface area (Å²) in [6.07, 6.45) is 1.60. The Balaban J connectivity index is 1.67. The van der Waals surface area contributed by atoms with E-state index in [9.17, 15) is 4.79 Å². The van der Waals surface area contributed by atoms with Gasteiger partial charge < -0.3 is 29.3 Å². The molecule has 1 amide bonds. The second kappa shape index (κ2) is 8.81. The zero-order valence-corrected chi connectivity index (χ0v) is 17.2. The maximum atomic E-state index is 12.4. The maximum Gasteiger partial charge on any atom is 0.410 e. The van der Waals surface area contributed by atoms with E-state index < -0.39 is 5.60 Å². The van der Waals surface area contributed by atoms with Crippen LogP contribution in [0.4, 0.5) is 16.6 Å². The molecule has 9 heteroatoms. The van der Waals surface area contributed by atoms with Crippen LogP contribution in [0, 0.1) is 0 Å². The van der Waals surface area contributed by atoms with E-state index in [1.807, 2.05) is 20.8 Å². The van der Waals surface area contributed by atoms with E-state index in [4.69, 9.17) is 14.2 Å². The zero-order chi connectivity index (χ0) is 20.1. The van der Waals surface area contributed by atoms with Crippen molar-refractivity contribution < 1.29 is 19.0 Å². The van der Waals surface area contributed by atoms with Crippen LogP contribution in [0.1, 0.15) is 33.6 Å². The first-order chi connectivity index (χ1) is 13.3. The van der Waals surface area contributed by atoms with Gasteiger partial charge in [0.15, 0.2) is 0 Å². The smallest absolute Gasteiger partial charge is 0.410 e. The van der Waals surface area contributed by atoms with Crippen molar-refractivity contribution in [2.45, 2.75) is 45.3 Å². The number of anilines is 2. The number of morpholine rings is 1. The lowest BCUT2D eigenvalue weighted by Crippen LogP contribution is -2.47. The largest absolute Gasteiger partial charge is 0.481 e. The molecule has 0 bridgehead atoms. The highest BCUT2D eigenvalue weighted by atomic mass is 16.6. The zero-order valence-electron chi connectivity index (χ0n) is 17.2. The average Bonchev–Trinajstić information content (AvgIpc) is 2.67. The third-order valence-corrected chi connectivity index (χ3v) is 4.62. The Labute approximate surface area is 166 Å². The van der Waals surface area contributed by atoms with Crippen LogP contribution in [0.25, 0.3) is 0 Å². The van der Waals surface area contributed by atoms with E-state index in [0.29, 0.717) is 43.9 Å². The molecule has 2 aliphatic heterocycles. The monoisotopic (exact) mass is 393 g/mol. The molecule has 2 fully saturated rings. The molecule has 0 radical (unpaired) electrons. The van der Waals surface area contributed by atoms with E-state index in [1.165, 1.54) is 0 Å². The third kappa shape index (κ3) is 5.60. The van der Waals surface area contributed by atoms with Crippen LogP contribution < -0.4 is 15.0 Å². The molecule has 1 aromatic rings. The highest BCUT2D eigenvalue weighted by Crippen LogP contribution is 2.23. The van der Waals surface area contributed by atoms with Crippen LogP contribution in [0.15, 0.2) is 6.07 Å². The summed E-state index contributed by atoms with van der Waals surface area (Å²) >= 11 is 0. The number of carbonyl (C=O) groups is 1. The number of carbonyl (C=O) groups excluding carboxylic acids is 1. The normalized spacial score (nSPS) is 20.6. The summed E-state index contributed by atoms with van der Waals surface area (Å²) < 4.78 is 16.3. The summed E-state index contributed by atoms with van der Waals surface area (Å²) in [6.45, 7) is 9.76. The summed E-state index contributed by atoms with van der Waals surface area (Å²) in [4.78, 5) is 25.4. The van der Waals surface area contributed by atoms with Crippen LogP contribution in [0.2, 0.25) is 0 Å². The van der Waals surface area contributed by atoms with Crippen LogP contribution in [-0.2, 0) is 9.47 Å². The molecule has 1 N–H and O–H groups in total. The Morgan fingerprint density at radius 3 is 2.68 bits per heavy atom. The molecule has 2 saturated heterocycles. The van der Waals surface area contributed by atoms with Gasteiger partial charge in [0.25, 0.3) is 0 Å². The Morgan fingerprint density at radius 1 is 1.25 bits per heavy atom. The molecule has 0 aromatic carbocycles. The van der Waals surface area contributed by atoms with Crippen LogP contribution in [-0.4, -0.2) is 79.1 Å². The molecule has 9 nitrogen and oxygen atoms in total. The number of amides is 1. The van der Waals surface area contributed by atoms with Crippen molar-refractivity contribution >= 4 is 17.9 Å². The molecule has 156 valence electrons. The van der Waals surface area contributed by atoms with Crippen molar-refractivity contribution in [3.8, 4) is 5.88 Å². The van der Waals surface area contributed by atoms with E-state index in [2.05, 4.69) is 20.2 Å². The van der Waals surface area contributed by atoms with Gasteiger partial charge in [-0.05, 0) is 33.6 Å². The van der Waals surface area contributed by atoms with E-state index in [1.54, 1.807) is 18.1 Å². The predicted molar refractivity (Wildman–Crippen MR) is 106 cm³/mol. The molecule has 0 saturated carbocycles. The molecule has 1 unspecified atom stereocenters. The quantitative estimate of drug-likeness (QED) is 0.832. The standard InChI is InChI=1S/C19H31N5O4/c1-19(2,3)28-18(25)24-7-5-6-14(13-24)20-15-12-16(26-4)22-17(21-15)23-8-10-27-11-9-23/h12,14H,5-11,13H2,1-4H3,(H,20,21,22). The van der Waals surface area contributed by atoms with Gasteiger partial charge >= 0.3 is 6.09 Å². The van der Waals surface area contributed by atoms with Crippen molar-refractivity contribution in [2.24, 2.45) is 0 Å². The SMILES string of the molecule is COc1cc(NC2CCCN(C(=O)OC(C)(C)C)C2)nc(N2CCOCC2)n1. The van der Waals surface area contributed by atoms with Gasteiger partial charge in [0, 0.05) is 38.3 Å². The molecule has 1 aromatic heterocycles. The minimum atomic E-state index is -0.496. The van der Waals surface area contributed by atoms with Gasteiger partial charge in [0.05, 0.1) is 20.3 Å². The number of hydrogen-bond donors (Lipinski definition) is 1. The number of nitrogens with zero attached hydrogens (tertiary/aromatic N) is 4.